The second kappa shape index (κ2) is 9.53. The zero-order chi connectivity index (χ0) is 19.1. The number of hydrogen-bond donors (Lipinski definition) is 0. The number of benzene rings is 3. The normalized spacial score (nSPS) is 16.9. The van der Waals surface area contributed by atoms with Crippen LogP contribution in [0.5, 0.6) is 0 Å². The predicted molar refractivity (Wildman–Crippen MR) is 127 cm³/mol. The Labute approximate surface area is 171 Å². The molecular formula is C27H33P. The van der Waals surface area contributed by atoms with E-state index in [0.717, 1.165) is 5.92 Å². The van der Waals surface area contributed by atoms with Crippen LogP contribution in [0.15, 0.2) is 91.0 Å². The van der Waals surface area contributed by atoms with Gasteiger partial charge in [-0.15, -0.1) is 0 Å². The fourth-order valence-electron chi connectivity index (χ4n) is 5.20. The van der Waals surface area contributed by atoms with Crippen LogP contribution in [0.1, 0.15) is 44.9 Å². The molecule has 0 heterocycles. The van der Waals surface area contributed by atoms with E-state index in [2.05, 4.69) is 91.0 Å². The Kier molecular flexibility index (Phi) is 6.61. The maximum absolute atomic E-state index is 2.40. The van der Waals surface area contributed by atoms with Crippen molar-refractivity contribution >= 4 is 23.2 Å². The average molecular weight is 389 g/mol. The molecule has 0 aromatic heterocycles. The zero-order valence-electron chi connectivity index (χ0n) is 16.9. The Hall–Kier alpha value is -1.91. The number of rotatable bonds is 5. The first-order valence-electron chi connectivity index (χ1n) is 11.1. The van der Waals surface area contributed by atoms with Gasteiger partial charge in [-0.3, -0.25) is 0 Å². The molecule has 0 bridgehead atoms. The molecule has 0 unspecified atom stereocenters. The zero-order valence-corrected chi connectivity index (χ0v) is 17.9. The first-order chi connectivity index (χ1) is 13.9. The molecule has 146 valence electrons. The fourth-order valence-corrected chi connectivity index (χ4v) is 10.5. The van der Waals surface area contributed by atoms with E-state index in [0.29, 0.717) is 0 Å². The molecule has 1 aliphatic carbocycles. The third-order valence-electron chi connectivity index (χ3n) is 6.62. The van der Waals surface area contributed by atoms with Crippen molar-refractivity contribution in [2.75, 3.05) is 6.16 Å². The number of hydrogen-bond acceptors (Lipinski definition) is 0. The van der Waals surface area contributed by atoms with Gasteiger partial charge in [-0.1, -0.05) is 0 Å². The van der Waals surface area contributed by atoms with E-state index in [1.54, 1.807) is 15.9 Å². The molecule has 0 spiro atoms. The molecule has 1 saturated carbocycles. The monoisotopic (exact) mass is 388 g/mol. The molecule has 0 aliphatic heterocycles. The minimum atomic E-state index is -2.05. The summed E-state index contributed by atoms with van der Waals surface area (Å²) in [5, 5.41) is 4.69. The van der Waals surface area contributed by atoms with E-state index >= 15 is 0 Å². The van der Waals surface area contributed by atoms with Gasteiger partial charge in [0.05, 0.1) is 0 Å². The molecule has 1 aliphatic rings. The Morgan fingerprint density at radius 2 is 0.857 bits per heavy atom. The van der Waals surface area contributed by atoms with Crippen molar-refractivity contribution in [3.8, 4) is 0 Å². The molecule has 3 aromatic rings. The topological polar surface area (TPSA) is 0 Å². The molecule has 28 heavy (non-hydrogen) atoms. The van der Waals surface area contributed by atoms with Crippen LogP contribution in [0.25, 0.3) is 0 Å². The molecule has 0 amide bonds. The van der Waals surface area contributed by atoms with E-state index in [9.17, 15) is 0 Å². The molecule has 1 heteroatoms. The Morgan fingerprint density at radius 1 is 0.500 bits per heavy atom. The van der Waals surface area contributed by atoms with Crippen LogP contribution >= 0.6 is 7.26 Å². The maximum atomic E-state index is 2.40. The first-order valence-corrected chi connectivity index (χ1v) is 13.3. The molecule has 4 rings (SSSR count). The first kappa shape index (κ1) is 19.4. The summed E-state index contributed by atoms with van der Waals surface area (Å²) in [6.45, 7) is 0. The van der Waals surface area contributed by atoms with Crippen molar-refractivity contribution in [1.29, 1.82) is 0 Å². The van der Waals surface area contributed by atoms with Crippen LogP contribution in [-0.4, -0.2) is 6.16 Å². The van der Waals surface area contributed by atoms with Crippen molar-refractivity contribution < 1.29 is 0 Å². The van der Waals surface area contributed by atoms with E-state index < -0.39 is 7.26 Å². The fraction of sp³-hybridized carbons (Fsp3) is 0.333. The van der Waals surface area contributed by atoms with E-state index in [1.807, 2.05) is 0 Å². The summed E-state index contributed by atoms with van der Waals surface area (Å²) in [4.78, 5) is 0. The predicted octanol–water partition coefficient (Wildman–Crippen LogP) is 6.07. The van der Waals surface area contributed by atoms with Crippen LogP contribution in [-0.2, 0) is 0 Å². The summed E-state index contributed by atoms with van der Waals surface area (Å²) >= 11 is 0. The van der Waals surface area contributed by atoms with Gasteiger partial charge in [0, 0.05) is 0 Å². The van der Waals surface area contributed by atoms with Crippen LogP contribution < -0.4 is 15.9 Å². The van der Waals surface area contributed by atoms with E-state index in [1.165, 1.54) is 51.1 Å². The quantitative estimate of drug-likeness (QED) is 0.465. The minimum absolute atomic E-state index is 0.840. The molecular weight excluding hydrogens is 355 g/mol. The standard InChI is InChI=1S/C27H33P/c1-2-7-15-24(16-8-3-1)23-28(25-17-9-4-10-18-25,26-19-11-5-12-20-26)27-21-13-6-14-22-27/h4-6,9-14,17-22,24,28H,1-3,7-8,15-16,23H2. The molecule has 1 fully saturated rings. The molecule has 0 atom stereocenters. The van der Waals surface area contributed by atoms with Crippen LogP contribution in [0, 0.1) is 5.92 Å². The van der Waals surface area contributed by atoms with Gasteiger partial charge < -0.3 is 0 Å². The van der Waals surface area contributed by atoms with Crippen molar-refractivity contribution in [2.24, 2.45) is 5.92 Å². The summed E-state index contributed by atoms with van der Waals surface area (Å²) in [7, 11) is -2.05. The van der Waals surface area contributed by atoms with E-state index in [-0.39, 0.29) is 0 Å². The SMILES string of the molecule is c1ccc([PH](CC2CCCCCCC2)(c2ccccc2)c2ccccc2)cc1. The van der Waals surface area contributed by atoms with Crippen LogP contribution in [0.2, 0.25) is 0 Å². The second-order valence-electron chi connectivity index (χ2n) is 8.42. The van der Waals surface area contributed by atoms with Crippen molar-refractivity contribution in [2.45, 2.75) is 44.9 Å². The average Bonchev–Trinajstić information content (AvgIpc) is 2.75. The molecule has 0 radical (unpaired) electrons. The van der Waals surface area contributed by atoms with Gasteiger partial charge in [0.25, 0.3) is 0 Å². The molecule has 0 saturated heterocycles. The molecule has 0 N–H and O–H groups in total. The molecule has 3 aromatic carbocycles. The summed E-state index contributed by atoms with van der Waals surface area (Å²) < 4.78 is 0. The van der Waals surface area contributed by atoms with Gasteiger partial charge in [0.2, 0.25) is 0 Å². The van der Waals surface area contributed by atoms with Gasteiger partial charge in [-0.05, 0) is 0 Å². The van der Waals surface area contributed by atoms with Gasteiger partial charge in [-0.2, -0.15) is 0 Å². The van der Waals surface area contributed by atoms with Crippen molar-refractivity contribution in [3.05, 3.63) is 91.0 Å². The van der Waals surface area contributed by atoms with Gasteiger partial charge in [0.15, 0.2) is 0 Å². The van der Waals surface area contributed by atoms with Crippen molar-refractivity contribution in [3.63, 3.8) is 0 Å². The summed E-state index contributed by atoms with van der Waals surface area (Å²) in [5.41, 5.74) is 0. The van der Waals surface area contributed by atoms with Gasteiger partial charge in [0.1, 0.15) is 0 Å². The Morgan fingerprint density at radius 3 is 1.25 bits per heavy atom. The van der Waals surface area contributed by atoms with Gasteiger partial charge in [-0.25, -0.2) is 0 Å². The Bertz CT molecular complexity index is 721. The van der Waals surface area contributed by atoms with Crippen LogP contribution in [0.3, 0.4) is 0 Å². The molecule has 0 nitrogen and oxygen atoms in total. The summed E-state index contributed by atoms with van der Waals surface area (Å²) in [5.74, 6) is 0.840. The Balaban J connectivity index is 1.85. The summed E-state index contributed by atoms with van der Waals surface area (Å²) in [6.07, 6.45) is 11.3. The third kappa shape index (κ3) is 4.23. The van der Waals surface area contributed by atoms with E-state index in [4.69, 9.17) is 0 Å². The van der Waals surface area contributed by atoms with Gasteiger partial charge >= 0.3 is 171 Å². The van der Waals surface area contributed by atoms with Crippen LogP contribution in [0.4, 0.5) is 0 Å². The van der Waals surface area contributed by atoms with Crippen molar-refractivity contribution in [1.82, 2.24) is 0 Å². The second-order valence-corrected chi connectivity index (χ2v) is 12.4. The summed E-state index contributed by atoms with van der Waals surface area (Å²) in [6, 6.07) is 34.3. The third-order valence-corrected chi connectivity index (χ3v) is 11.8.